The van der Waals surface area contributed by atoms with Crippen molar-refractivity contribution in [2.45, 2.75) is 104 Å². The lowest BCUT2D eigenvalue weighted by Crippen LogP contribution is -2.21. The van der Waals surface area contributed by atoms with Gasteiger partial charge in [0.1, 0.15) is 0 Å². The second kappa shape index (κ2) is 9.18. The van der Waals surface area contributed by atoms with Gasteiger partial charge in [-0.1, -0.05) is 71.2 Å². The van der Waals surface area contributed by atoms with Crippen LogP contribution in [0.5, 0.6) is 0 Å². The third-order valence-corrected chi connectivity index (χ3v) is 15.6. The van der Waals surface area contributed by atoms with Gasteiger partial charge in [0, 0.05) is 0 Å². The summed E-state index contributed by atoms with van der Waals surface area (Å²) in [7, 11) is 0.545. The molecule has 0 aromatic heterocycles. The zero-order chi connectivity index (χ0) is 18.0. The maximum Gasteiger partial charge on any atom is -0.0183 e. The van der Waals surface area contributed by atoms with Gasteiger partial charge in [0.2, 0.25) is 0 Å². The summed E-state index contributed by atoms with van der Waals surface area (Å²) in [4.78, 5) is 0. The zero-order valence-corrected chi connectivity index (χ0v) is 19.5. The van der Waals surface area contributed by atoms with Gasteiger partial charge in [-0.25, -0.2) is 0 Å². The second-order valence-corrected chi connectivity index (χ2v) is 15.5. The topological polar surface area (TPSA) is 0 Å². The van der Waals surface area contributed by atoms with E-state index in [0.29, 0.717) is 0 Å². The van der Waals surface area contributed by atoms with E-state index in [1.165, 1.54) is 25.7 Å². The van der Waals surface area contributed by atoms with Gasteiger partial charge in [-0.05, 0) is 84.3 Å². The first kappa shape index (κ1) is 21.2. The Morgan fingerprint density at radius 3 is 0.875 bits per heavy atom. The monoisotopic (exact) mass is 370 g/mol. The molecule has 0 aromatic carbocycles. The highest BCUT2D eigenvalue weighted by Gasteiger charge is 2.42. The number of hydrogen-bond donors (Lipinski definition) is 0. The van der Waals surface area contributed by atoms with Crippen LogP contribution in [0.15, 0.2) is 0 Å². The molecule has 0 aromatic rings. The molecule has 142 valence electrons. The van der Waals surface area contributed by atoms with Gasteiger partial charge in [-0.15, -0.1) is 0 Å². The van der Waals surface area contributed by atoms with Crippen molar-refractivity contribution in [3.63, 3.8) is 0 Å². The Labute approximate surface area is 155 Å². The van der Waals surface area contributed by atoms with Crippen molar-refractivity contribution >= 4 is 15.8 Å². The molecule has 0 aliphatic carbocycles. The minimum Gasteiger partial charge on any atom is -0.0995 e. The van der Waals surface area contributed by atoms with Gasteiger partial charge in [-0.3, -0.25) is 0 Å². The van der Waals surface area contributed by atoms with Crippen molar-refractivity contribution in [1.29, 1.82) is 0 Å². The summed E-state index contributed by atoms with van der Waals surface area (Å²) in [6, 6.07) is 0. The highest BCUT2D eigenvalue weighted by molar-refractivity contribution is 7.63. The second-order valence-electron chi connectivity index (χ2n) is 9.88. The van der Waals surface area contributed by atoms with Gasteiger partial charge in [0.25, 0.3) is 0 Å². The summed E-state index contributed by atoms with van der Waals surface area (Å²) in [6.07, 6.45) is 9.35. The molecule has 0 N–H and O–H groups in total. The summed E-state index contributed by atoms with van der Waals surface area (Å²) >= 11 is 0. The largest absolute Gasteiger partial charge is 0.0995 e. The fourth-order valence-electron chi connectivity index (χ4n) is 5.60. The smallest absolute Gasteiger partial charge is 0.0183 e. The molecule has 0 saturated carbocycles. The van der Waals surface area contributed by atoms with Crippen LogP contribution in [0.3, 0.4) is 0 Å². The fraction of sp³-hybridized carbons (Fsp3) is 1.00. The molecule has 2 saturated heterocycles. The SMILES string of the molecule is CC(C)C1CCC(C(C)C)P1CCP1C(C(C)C)CC[C@@H]1C(C)C. The summed E-state index contributed by atoms with van der Waals surface area (Å²) < 4.78 is 0. The summed E-state index contributed by atoms with van der Waals surface area (Å²) in [5.41, 5.74) is 4.28. The molecule has 2 heterocycles. The molecule has 0 spiro atoms. The Balaban J connectivity index is 2.07. The molecule has 5 atom stereocenters. The molecule has 0 nitrogen and oxygen atoms in total. The van der Waals surface area contributed by atoms with E-state index >= 15 is 0 Å². The van der Waals surface area contributed by atoms with E-state index in [1.54, 1.807) is 12.3 Å². The normalized spacial score (nSPS) is 37.5. The van der Waals surface area contributed by atoms with E-state index in [0.717, 1.165) is 46.3 Å². The van der Waals surface area contributed by atoms with Crippen LogP contribution in [0.25, 0.3) is 0 Å². The van der Waals surface area contributed by atoms with Crippen molar-refractivity contribution in [1.82, 2.24) is 0 Å². The van der Waals surface area contributed by atoms with E-state index < -0.39 is 0 Å². The number of rotatable bonds is 7. The molecule has 0 amide bonds. The summed E-state index contributed by atoms with van der Waals surface area (Å²) in [6.45, 7) is 20.0. The molecule has 2 aliphatic rings. The van der Waals surface area contributed by atoms with Crippen LogP contribution >= 0.6 is 15.8 Å². The summed E-state index contributed by atoms with van der Waals surface area (Å²) in [5, 5.41) is 0. The van der Waals surface area contributed by atoms with Crippen LogP contribution < -0.4 is 0 Å². The van der Waals surface area contributed by atoms with Gasteiger partial charge >= 0.3 is 0 Å². The van der Waals surface area contributed by atoms with Crippen molar-refractivity contribution in [3.05, 3.63) is 0 Å². The first-order valence-electron chi connectivity index (χ1n) is 10.8. The van der Waals surface area contributed by atoms with Crippen LogP contribution in [0.1, 0.15) is 81.1 Å². The van der Waals surface area contributed by atoms with Gasteiger partial charge in [0.05, 0.1) is 0 Å². The highest BCUT2D eigenvalue weighted by Crippen LogP contribution is 2.65. The lowest BCUT2D eigenvalue weighted by atomic mass is 10.0. The lowest BCUT2D eigenvalue weighted by Gasteiger charge is -2.35. The molecule has 0 bridgehead atoms. The molecule has 2 heteroatoms. The van der Waals surface area contributed by atoms with Crippen molar-refractivity contribution in [3.8, 4) is 0 Å². The Morgan fingerprint density at radius 2 is 0.708 bits per heavy atom. The fourth-order valence-corrected chi connectivity index (χ4v) is 14.7. The molecule has 2 aliphatic heterocycles. The third kappa shape index (κ3) is 4.77. The van der Waals surface area contributed by atoms with E-state index in [4.69, 9.17) is 0 Å². The van der Waals surface area contributed by atoms with E-state index in [9.17, 15) is 0 Å². The number of hydrogen-bond acceptors (Lipinski definition) is 0. The molecule has 4 unspecified atom stereocenters. The Kier molecular flexibility index (Phi) is 8.09. The van der Waals surface area contributed by atoms with Crippen LogP contribution in [0, 0.1) is 23.7 Å². The Morgan fingerprint density at radius 1 is 0.500 bits per heavy atom. The molecule has 0 radical (unpaired) electrons. The van der Waals surface area contributed by atoms with Crippen LogP contribution in [0.2, 0.25) is 0 Å². The van der Waals surface area contributed by atoms with Crippen LogP contribution in [-0.4, -0.2) is 35.0 Å². The molecule has 24 heavy (non-hydrogen) atoms. The molecular weight excluding hydrogens is 326 g/mol. The van der Waals surface area contributed by atoms with Crippen molar-refractivity contribution < 1.29 is 0 Å². The maximum atomic E-state index is 2.50. The average Bonchev–Trinajstić information content (AvgIpc) is 3.08. The molecule has 2 fully saturated rings. The van der Waals surface area contributed by atoms with E-state index in [-0.39, 0.29) is 15.8 Å². The molecular formula is C22H44P2. The minimum absolute atomic E-state index is 0.273. The predicted molar refractivity (Wildman–Crippen MR) is 117 cm³/mol. The van der Waals surface area contributed by atoms with Gasteiger partial charge in [0.15, 0.2) is 0 Å². The first-order chi connectivity index (χ1) is 11.2. The quantitative estimate of drug-likeness (QED) is 0.404. The zero-order valence-electron chi connectivity index (χ0n) is 17.8. The third-order valence-electron chi connectivity index (χ3n) is 6.91. The first-order valence-corrected chi connectivity index (χ1v) is 14.1. The average molecular weight is 371 g/mol. The van der Waals surface area contributed by atoms with E-state index in [2.05, 4.69) is 55.4 Å². The maximum absolute atomic E-state index is 2.50. The summed E-state index contributed by atoms with van der Waals surface area (Å²) in [5.74, 6) is 3.66. The predicted octanol–water partition coefficient (Wildman–Crippen LogP) is 7.64. The Bertz CT molecular complexity index is 306. The lowest BCUT2D eigenvalue weighted by molar-refractivity contribution is 0.543. The minimum atomic E-state index is 0.273. The highest BCUT2D eigenvalue weighted by atomic mass is 31.1. The van der Waals surface area contributed by atoms with E-state index in [1.807, 2.05) is 0 Å². The van der Waals surface area contributed by atoms with Gasteiger partial charge < -0.3 is 0 Å². The van der Waals surface area contributed by atoms with Crippen LogP contribution in [0.4, 0.5) is 0 Å². The van der Waals surface area contributed by atoms with Gasteiger partial charge in [-0.2, -0.15) is 0 Å². The van der Waals surface area contributed by atoms with Crippen molar-refractivity contribution in [2.24, 2.45) is 23.7 Å². The standard InChI is InChI=1S/C22H44P2/c1-15(2)19-9-10-20(16(3)4)23(19)13-14-24-21(17(5)6)11-12-22(24)18(7)8/h15-22H,9-14H2,1-8H3/t19-,20?,21?,22?,23?,24?/m1/s1. The van der Waals surface area contributed by atoms with Crippen LogP contribution in [-0.2, 0) is 0 Å². The van der Waals surface area contributed by atoms with Crippen molar-refractivity contribution in [2.75, 3.05) is 12.3 Å². The molecule has 2 rings (SSSR count). The Hall–Kier alpha value is 0.860.